The number of alkyl halides is 3. The van der Waals surface area contributed by atoms with Crippen molar-refractivity contribution in [2.24, 2.45) is 11.8 Å². The van der Waals surface area contributed by atoms with Crippen molar-refractivity contribution in [2.75, 3.05) is 0 Å². The van der Waals surface area contributed by atoms with Gasteiger partial charge >= 0.3 is 6.18 Å². The van der Waals surface area contributed by atoms with Crippen molar-refractivity contribution in [2.45, 2.75) is 39.8 Å². The Bertz CT molecular complexity index is 115. The van der Waals surface area contributed by atoms with Crippen LogP contribution in [0.25, 0.3) is 0 Å². The van der Waals surface area contributed by atoms with Gasteiger partial charge in [0.2, 0.25) is 0 Å². The Labute approximate surface area is 72.2 Å². The molecule has 73 valence electrons. The zero-order valence-electron chi connectivity index (χ0n) is 7.78. The summed E-state index contributed by atoms with van der Waals surface area (Å²) in [4.78, 5) is 0. The minimum atomic E-state index is -4.03. The summed E-state index contributed by atoms with van der Waals surface area (Å²) in [6, 6.07) is 0. The molecule has 0 aliphatic rings. The SMILES string of the molecule is C[CH]CCC(C(C)C)C(F)(F)F. The number of hydrogen-bond donors (Lipinski definition) is 0. The summed E-state index contributed by atoms with van der Waals surface area (Å²) in [6.07, 6.45) is -1.49. The highest BCUT2D eigenvalue weighted by Gasteiger charge is 2.40. The summed E-state index contributed by atoms with van der Waals surface area (Å²) in [5.41, 5.74) is 0. The van der Waals surface area contributed by atoms with Crippen LogP contribution in [-0.2, 0) is 0 Å². The summed E-state index contributed by atoms with van der Waals surface area (Å²) >= 11 is 0. The number of rotatable bonds is 4. The smallest absolute Gasteiger partial charge is 0.171 e. The van der Waals surface area contributed by atoms with Gasteiger partial charge in [-0.1, -0.05) is 20.8 Å². The molecule has 1 atom stereocenters. The molecule has 0 aliphatic heterocycles. The molecule has 1 unspecified atom stereocenters. The second kappa shape index (κ2) is 4.73. The first-order chi connectivity index (χ1) is 5.39. The summed E-state index contributed by atoms with van der Waals surface area (Å²) < 4.78 is 36.8. The van der Waals surface area contributed by atoms with Crippen molar-refractivity contribution in [1.82, 2.24) is 0 Å². The number of halogens is 3. The van der Waals surface area contributed by atoms with Crippen molar-refractivity contribution in [3.8, 4) is 0 Å². The fourth-order valence-electron chi connectivity index (χ4n) is 1.22. The van der Waals surface area contributed by atoms with Crippen LogP contribution in [0.2, 0.25) is 0 Å². The normalized spacial score (nSPS) is 15.2. The van der Waals surface area contributed by atoms with Crippen LogP contribution in [0.15, 0.2) is 0 Å². The van der Waals surface area contributed by atoms with Crippen LogP contribution in [0.1, 0.15) is 33.6 Å². The summed E-state index contributed by atoms with van der Waals surface area (Å²) in [5, 5.41) is 0. The van der Waals surface area contributed by atoms with Crippen LogP contribution < -0.4 is 0 Å². The average molecular weight is 181 g/mol. The molecule has 0 aliphatic carbocycles. The monoisotopic (exact) mass is 181 g/mol. The van der Waals surface area contributed by atoms with Gasteiger partial charge in [0, 0.05) is 0 Å². The van der Waals surface area contributed by atoms with Gasteiger partial charge in [0.05, 0.1) is 5.92 Å². The molecule has 1 radical (unpaired) electrons. The van der Waals surface area contributed by atoms with E-state index in [0.29, 0.717) is 6.42 Å². The maximum Gasteiger partial charge on any atom is 0.392 e. The van der Waals surface area contributed by atoms with E-state index in [2.05, 4.69) is 0 Å². The Kier molecular flexibility index (Phi) is 4.64. The maximum atomic E-state index is 12.3. The first-order valence-corrected chi connectivity index (χ1v) is 4.24. The Morgan fingerprint density at radius 2 is 1.75 bits per heavy atom. The van der Waals surface area contributed by atoms with Gasteiger partial charge in [-0.05, 0) is 25.2 Å². The Balaban J connectivity index is 4.05. The lowest BCUT2D eigenvalue weighted by Gasteiger charge is -2.23. The molecule has 0 fully saturated rings. The van der Waals surface area contributed by atoms with E-state index in [1.54, 1.807) is 27.2 Å². The van der Waals surface area contributed by atoms with Crippen LogP contribution >= 0.6 is 0 Å². The van der Waals surface area contributed by atoms with Crippen LogP contribution in [0.3, 0.4) is 0 Å². The molecule has 0 aromatic heterocycles. The van der Waals surface area contributed by atoms with Gasteiger partial charge in [0.15, 0.2) is 0 Å². The molecule has 12 heavy (non-hydrogen) atoms. The molecular weight excluding hydrogens is 165 g/mol. The minimum Gasteiger partial charge on any atom is -0.171 e. The van der Waals surface area contributed by atoms with E-state index in [9.17, 15) is 13.2 Å². The second-order valence-corrected chi connectivity index (χ2v) is 3.38. The fourth-order valence-corrected chi connectivity index (χ4v) is 1.22. The molecule has 0 N–H and O–H groups in total. The van der Waals surface area contributed by atoms with Crippen molar-refractivity contribution in [1.29, 1.82) is 0 Å². The molecular formula is C9H16F3. The lowest BCUT2D eigenvalue weighted by atomic mass is 9.90. The summed E-state index contributed by atoms with van der Waals surface area (Å²) in [6.45, 7) is 5.02. The van der Waals surface area contributed by atoms with E-state index in [4.69, 9.17) is 0 Å². The zero-order valence-corrected chi connectivity index (χ0v) is 7.78. The average Bonchev–Trinajstić information content (AvgIpc) is 1.84. The quantitative estimate of drug-likeness (QED) is 0.618. The standard InChI is InChI=1S/C9H16F3/c1-4-5-6-8(7(2)3)9(10,11)12/h4,7-8H,5-6H2,1-3H3. The van der Waals surface area contributed by atoms with E-state index >= 15 is 0 Å². The van der Waals surface area contributed by atoms with Crippen molar-refractivity contribution >= 4 is 0 Å². The predicted molar refractivity (Wildman–Crippen MR) is 43.6 cm³/mol. The van der Waals surface area contributed by atoms with E-state index < -0.39 is 12.1 Å². The van der Waals surface area contributed by atoms with Gasteiger partial charge in [0.25, 0.3) is 0 Å². The van der Waals surface area contributed by atoms with Crippen molar-refractivity contribution in [3.63, 3.8) is 0 Å². The summed E-state index contributed by atoms with van der Waals surface area (Å²) in [7, 11) is 0. The van der Waals surface area contributed by atoms with Crippen LogP contribution in [0, 0.1) is 18.3 Å². The fraction of sp³-hybridized carbons (Fsp3) is 0.889. The topological polar surface area (TPSA) is 0 Å². The molecule has 0 aromatic rings. The third-order valence-corrected chi connectivity index (χ3v) is 1.99. The van der Waals surface area contributed by atoms with Crippen LogP contribution in [0.4, 0.5) is 13.2 Å². The highest BCUT2D eigenvalue weighted by Crippen LogP contribution is 2.35. The maximum absolute atomic E-state index is 12.3. The summed E-state index contributed by atoms with van der Waals surface area (Å²) in [5.74, 6) is -1.46. The predicted octanol–water partition coefficient (Wildman–Crippen LogP) is 3.83. The van der Waals surface area contributed by atoms with E-state index in [-0.39, 0.29) is 12.3 Å². The van der Waals surface area contributed by atoms with E-state index in [0.717, 1.165) is 0 Å². The van der Waals surface area contributed by atoms with Gasteiger partial charge in [-0.2, -0.15) is 13.2 Å². The third-order valence-electron chi connectivity index (χ3n) is 1.99. The Morgan fingerprint density at radius 1 is 1.25 bits per heavy atom. The van der Waals surface area contributed by atoms with Gasteiger partial charge < -0.3 is 0 Å². The highest BCUT2D eigenvalue weighted by atomic mass is 19.4. The molecule has 0 amide bonds. The van der Waals surface area contributed by atoms with E-state index in [1.165, 1.54) is 0 Å². The first-order valence-electron chi connectivity index (χ1n) is 4.24. The first kappa shape index (κ1) is 11.8. The largest absolute Gasteiger partial charge is 0.392 e. The minimum absolute atomic E-state index is 0.220. The van der Waals surface area contributed by atoms with Gasteiger partial charge in [-0.15, -0.1) is 0 Å². The Morgan fingerprint density at radius 3 is 2.00 bits per heavy atom. The molecule has 0 bridgehead atoms. The van der Waals surface area contributed by atoms with Crippen molar-refractivity contribution in [3.05, 3.63) is 6.42 Å². The third kappa shape index (κ3) is 3.98. The molecule has 0 nitrogen and oxygen atoms in total. The number of hydrogen-bond acceptors (Lipinski definition) is 0. The molecule has 0 rings (SSSR count). The molecule has 3 heteroatoms. The second-order valence-electron chi connectivity index (χ2n) is 3.38. The zero-order chi connectivity index (χ0) is 9.78. The molecule has 0 saturated carbocycles. The Hall–Kier alpha value is -0.210. The molecule has 0 aromatic carbocycles. The van der Waals surface area contributed by atoms with Crippen LogP contribution in [-0.4, -0.2) is 6.18 Å². The molecule has 0 saturated heterocycles. The van der Waals surface area contributed by atoms with Crippen LogP contribution in [0.5, 0.6) is 0 Å². The number of unbranched alkanes of at least 4 members (excludes halogenated alkanes) is 1. The van der Waals surface area contributed by atoms with Crippen molar-refractivity contribution < 1.29 is 13.2 Å². The lowest BCUT2D eigenvalue weighted by Crippen LogP contribution is -2.27. The van der Waals surface area contributed by atoms with Gasteiger partial charge in [-0.3, -0.25) is 0 Å². The molecule has 0 heterocycles. The molecule has 0 spiro atoms. The lowest BCUT2D eigenvalue weighted by molar-refractivity contribution is -0.187. The van der Waals surface area contributed by atoms with Gasteiger partial charge in [0.1, 0.15) is 0 Å². The van der Waals surface area contributed by atoms with E-state index in [1.807, 2.05) is 0 Å². The highest BCUT2D eigenvalue weighted by molar-refractivity contribution is 4.73. The van der Waals surface area contributed by atoms with Gasteiger partial charge in [-0.25, -0.2) is 0 Å².